The Bertz CT molecular complexity index is 507. The minimum absolute atomic E-state index is 0.0146. The van der Waals surface area contributed by atoms with Crippen LogP contribution < -0.4 is 0 Å². The number of piperidine rings is 1. The summed E-state index contributed by atoms with van der Waals surface area (Å²) >= 11 is 3.43. The number of carbonyl (C=O) groups excluding carboxylic acids is 1. The van der Waals surface area contributed by atoms with Gasteiger partial charge in [-0.15, -0.1) is 0 Å². The molecule has 1 aliphatic heterocycles. The van der Waals surface area contributed by atoms with Crippen molar-refractivity contribution < 1.29 is 4.79 Å². The first-order valence-corrected chi connectivity index (χ1v) is 6.86. The summed E-state index contributed by atoms with van der Waals surface area (Å²) in [5.41, 5.74) is 1.75. The largest absolute Gasteiger partial charge is 0.337 e. The van der Waals surface area contributed by atoms with Crippen molar-refractivity contribution >= 4 is 21.8 Å². The molecule has 3 nitrogen and oxygen atoms in total. The molecule has 1 aliphatic rings. The Kier molecular flexibility index (Phi) is 4.03. The number of benzene rings is 1. The van der Waals surface area contributed by atoms with Crippen LogP contribution in [0.25, 0.3) is 0 Å². The smallest absolute Gasteiger partial charge is 0.253 e. The van der Waals surface area contributed by atoms with Crippen LogP contribution in [0, 0.1) is 24.2 Å². The molecule has 1 amide bonds. The van der Waals surface area contributed by atoms with Gasteiger partial charge in [-0.2, -0.15) is 5.26 Å². The van der Waals surface area contributed by atoms with E-state index in [2.05, 4.69) is 22.0 Å². The molecule has 1 unspecified atom stereocenters. The molecule has 1 saturated heterocycles. The Morgan fingerprint density at radius 1 is 1.56 bits per heavy atom. The first-order chi connectivity index (χ1) is 8.61. The monoisotopic (exact) mass is 306 g/mol. The van der Waals surface area contributed by atoms with Crippen LogP contribution >= 0.6 is 15.9 Å². The highest BCUT2D eigenvalue weighted by molar-refractivity contribution is 9.10. The lowest BCUT2D eigenvalue weighted by molar-refractivity contribution is 0.0698. The van der Waals surface area contributed by atoms with Crippen molar-refractivity contribution in [3.63, 3.8) is 0 Å². The normalized spacial score (nSPS) is 19.4. The topological polar surface area (TPSA) is 44.1 Å². The van der Waals surface area contributed by atoms with E-state index in [1.165, 1.54) is 0 Å². The van der Waals surface area contributed by atoms with Crippen molar-refractivity contribution in [2.45, 2.75) is 19.8 Å². The van der Waals surface area contributed by atoms with E-state index < -0.39 is 0 Å². The molecular weight excluding hydrogens is 292 g/mol. The molecule has 2 rings (SSSR count). The van der Waals surface area contributed by atoms with Crippen LogP contribution in [0.4, 0.5) is 0 Å². The lowest BCUT2D eigenvalue weighted by atomic mass is 9.99. The molecule has 1 fully saturated rings. The lowest BCUT2D eigenvalue weighted by Crippen LogP contribution is -2.39. The third-order valence-electron chi connectivity index (χ3n) is 3.30. The molecule has 0 aromatic heterocycles. The van der Waals surface area contributed by atoms with Crippen LogP contribution in [0.15, 0.2) is 22.7 Å². The van der Waals surface area contributed by atoms with E-state index in [4.69, 9.17) is 5.26 Å². The summed E-state index contributed by atoms with van der Waals surface area (Å²) in [7, 11) is 0. The molecule has 1 atom stereocenters. The van der Waals surface area contributed by atoms with Crippen molar-refractivity contribution in [2.75, 3.05) is 13.1 Å². The second-order valence-electron chi connectivity index (χ2n) is 4.68. The average molecular weight is 307 g/mol. The number of likely N-dealkylation sites (tertiary alicyclic amines) is 1. The molecule has 0 spiro atoms. The van der Waals surface area contributed by atoms with E-state index in [1.54, 1.807) is 4.90 Å². The highest BCUT2D eigenvalue weighted by Crippen LogP contribution is 2.21. The van der Waals surface area contributed by atoms with Gasteiger partial charge in [-0.3, -0.25) is 4.79 Å². The molecule has 18 heavy (non-hydrogen) atoms. The maximum Gasteiger partial charge on any atom is 0.253 e. The van der Waals surface area contributed by atoms with E-state index in [9.17, 15) is 4.79 Å². The van der Waals surface area contributed by atoms with E-state index in [0.29, 0.717) is 12.1 Å². The third-order valence-corrected chi connectivity index (χ3v) is 4.19. The highest BCUT2D eigenvalue weighted by atomic mass is 79.9. The Labute approximate surface area is 116 Å². The van der Waals surface area contributed by atoms with Crippen molar-refractivity contribution in [1.82, 2.24) is 4.90 Å². The lowest BCUT2D eigenvalue weighted by Gasteiger charge is -2.29. The molecule has 0 N–H and O–H groups in total. The van der Waals surface area contributed by atoms with Crippen LogP contribution in [0.3, 0.4) is 0 Å². The van der Waals surface area contributed by atoms with Gasteiger partial charge in [0.25, 0.3) is 5.91 Å². The van der Waals surface area contributed by atoms with E-state index in [-0.39, 0.29) is 11.8 Å². The maximum absolute atomic E-state index is 12.3. The van der Waals surface area contributed by atoms with E-state index in [1.807, 2.05) is 25.1 Å². The standard InChI is InChI=1S/C14H15BrN2O/c1-10-7-12(4-5-13(10)15)14(18)17-6-2-3-11(8-16)9-17/h4-5,7,11H,2-3,6,9H2,1H3. The SMILES string of the molecule is Cc1cc(C(=O)N2CCCC(C#N)C2)ccc1Br. The molecule has 0 saturated carbocycles. The minimum atomic E-state index is -0.0146. The van der Waals surface area contributed by atoms with Gasteiger partial charge in [0.1, 0.15) is 0 Å². The Morgan fingerprint density at radius 3 is 3.00 bits per heavy atom. The zero-order valence-electron chi connectivity index (χ0n) is 10.3. The number of amides is 1. The predicted octanol–water partition coefficient (Wildman–Crippen LogP) is 3.13. The van der Waals surface area contributed by atoms with Gasteiger partial charge >= 0.3 is 0 Å². The molecule has 94 valence electrons. The Balaban J connectivity index is 2.15. The van der Waals surface area contributed by atoms with Crippen molar-refractivity contribution in [2.24, 2.45) is 5.92 Å². The van der Waals surface area contributed by atoms with E-state index >= 15 is 0 Å². The number of hydrogen-bond donors (Lipinski definition) is 0. The Morgan fingerprint density at radius 2 is 2.33 bits per heavy atom. The summed E-state index contributed by atoms with van der Waals surface area (Å²) in [5.74, 6) is 0.0183. The van der Waals surface area contributed by atoms with Gasteiger partial charge in [-0.1, -0.05) is 15.9 Å². The van der Waals surface area contributed by atoms with Gasteiger partial charge in [-0.05, 0) is 43.5 Å². The van der Waals surface area contributed by atoms with Gasteiger partial charge < -0.3 is 4.90 Å². The number of halogens is 1. The molecule has 0 radical (unpaired) electrons. The fraction of sp³-hybridized carbons (Fsp3) is 0.429. The highest BCUT2D eigenvalue weighted by Gasteiger charge is 2.24. The van der Waals surface area contributed by atoms with Crippen LogP contribution in [0.1, 0.15) is 28.8 Å². The minimum Gasteiger partial charge on any atom is -0.337 e. The second kappa shape index (κ2) is 5.53. The summed E-state index contributed by atoms with van der Waals surface area (Å²) in [6, 6.07) is 7.88. The molecule has 1 aromatic rings. The number of rotatable bonds is 1. The molecule has 4 heteroatoms. The van der Waals surface area contributed by atoms with Gasteiger partial charge in [0, 0.05) is 23.1 Å². The third kappa shape index (κ3) is 2.73. The first kappa shape index (κ1) is 13.1. The summed E-state index contributed by atoms with van der Waals surface area (Å²) in [6.45, 7) is 3.28. The van der Waals surface area contributed by atoms with Gasteiger partial charge in [0.15, 0.2) is 0 Å². The fourth-order valence-electron chi connectivity index (χ4n) is 2.23. The summed E-state index contributed by atoms with van der Waals surface area (Å²) in [4.78, 5) is 14.1. The number of aryl methyl sites for hydroxylation is 1. The van der Waals surface area contributed by atoms with Gasteiger partial charge in [-0.25, -0.2) is 0 Å². The molecular formula is C14H15BrN2O. The zero-order chi connectivity index (χ0) is 13.1. The summed E-state index contributed by atoms with van der Waals surface area (Å²) < 4.78 is 1.01. The number of carbonyl (C=O) groups is 1. The van der Waals surface area contributed by atoms with Crippen LogP contribution in [-0.4, -0.2) is 23.9 Å². The second-order valence-corrected chi connectivity index (χ2v) is 5.54. The van der Waals surface area contributed by atoms with Crippen LogP contribution in [-0.2, 0) is 0 Å². The van der Waals surface area contributed by atoms with E-state index in [0.717, 1.165) is 29.4 Å². The summed E-state index contributed by atoms with van der Waals surface area (Å²) in [6.07, 6.45) is 1.82. The van der Waals surface area contributed by atoms with Crippen molar-refractivity contribution in [3.8, 4) is 6.07 Å². The Hall–Kier alpha value is -1.34. The zero-order valence-corrected chi connectivity index (χ0v) is 11.9. The predicted molar refractivity (Wildman–Crippen MR) is 73.1 cm³/mol. The maximum atomic E-state index is 12.3. The van der Waals surface area contributed by atoms with Crippen LogP contribution in [0.2, 0.25) is 0 Å². The summed E-state index contributed by atoms with van der Waals surface area (Å²) in [5, 5.41) is 8.95. The molecule has 0 aliphatic carbocycles. The first-order valence-electron chi connectivity index (χ1n) is 6.07. The quantitative estimate of drug-likeness (QED) is 0.800. The fourth-order valence-corrected chi connectivity index (χ4v) is 2.47. The van der Waals surface area contributed by atoms with Gasteiger partial charge in [0.05, 0.1) is 12.0 Å². The van der Waals surface area contributed by atoms with Crippen molar-refractivity contribution in [1.29, 1.82) is 5.26 Å². The number of nitrogens with zero attached hydrogens (tertiary/aromatic N) is 2. The molecule has 0 bridgehead atoms. The molecule has 1 heterocycles. The average Bonchev–Trinajstić information content (AvgIpc) is 2.41. The van der Waals surface area contributed by atoms with Crippen molar-refractivity contribution in [3.05, 3.63) is 33.8 Å². The number of hydrogen-bond acceptors (Lipinski definition) is 2. The number of nitriles is 1. The molecule has 1 aromatic carbocycles. The van der Waals surface area contributed by atoms with Crippen LogP contribution in [0.5, 0.6) is 0 Å². The van der Waals surface area contributed by atoms with Gasteiger partial charge in [0.2, 0.25) is 0 Å².